The maximum Gasteiger partial charge on any atom is 0.416 e. The monoisotopic (exact) mass is 607 g/mol. The molecule has 0 aliphatic heterocycles. The maximum atomic E-state index is 14.1. The molecule has 1 aliphatic rings. The number of methoxy groups -OCH3 is 1. The highest BCUT2D eigenvalue weighted by molar-refractivity contribution is 7.89. The molecule has 226 valence electrons. The zero-order chi connectivity index (χ0) is 30.3. The highest BCUT2D eigenvalue weighted by Crippen LogP contribution is 2.32. The highest BCUT2D eigenvalue weighted by atomic mass is 32.2. The Labute approximate surface area is 242 Å². The van der Waals surface area contributed by atoms with Gasteiger partial charge in [-0.2, -0.15) is 13.2 Å². The molecule has 0 fully saturated rings. The largest absolute Gasteiger partial charge is 0.416 e. The van der Waals surface area contributed by atoms with Crippen molar-refractivity contribution >= 4 is 15.9 Å². The fourth-order valence-corrected chi connectivity index (χ4v) is 6.29. The molecule has 12 heteroatoms. The smallest absolute Gasteiger partial charge is 0.383 e. The minimum Gasteiger partial charge on any atom is -0.383 e. The van der Waals surface area contributed by atoms with E-state index in [0.717, 1.165) is 60.3 Å². The Morgan fingerprint density at radius 3 is 2.60 bits per heavy atom. The van der Waals surface area contributed by atoms with Crippen LogP contribution in [-0.4, -0.2) is 34.6 Å². The quantitative estimate of drug-likeness (QED) is 0.195. The molecule has 7 nitrogen and oxygen atoms in total. The summed E-state index contributed by atoms with van der Waals surface area (Å²) in [6.45, 7) is 2.00. The van der Waals surface area contributed by atoms with Crippen LogP contribution in [0.1, 0.15) is 59.2 Å². The van der Waals surface area contributed by atoms with E-state index in [-0.39, 0.29) is 11.6 Å². The number of amides is 1. The van der Waals surface area contributed by atoms with E-state index in [1.165, 1.54) is 18.2 Å². The van der Waals surface area contributed by atoms with Crippen molar-refractivity contribution in [3.8, 4) is 0 Å². The number of nitrogens with one attached hydrogen (secondary N) is 3. The van der Waals surface area contributed by atoms with Gasteiger partial charge >= 0.3 is 6.18 Å². The Morgan fingerprint density at radius 1 is 1.07 bits per heavy atom. The number of sulfonamides is 1. The summed E-state index contributed by atoms with van der Waals surface area (Å²) in [6.07, 6.45) is -2.75. The highest BCUT2D eigenvalue weighted by Gasteiger charge is 2.33. The second-order valence-corrected chi connectivity index (χ2v) is 11.9. The Bertz CT molecular complexity index is 1500. The number of hydrogen-bond donors (Lipinski definition) is 3. The van der Waals surface area contributed by atoms with E-state index in [9.17, 15) is 30.8 Å². The molecule has 3 aromatic carbocycles. The number of aryl methyl sites for hydroxylation is 1. The van der Waals surface area contributed by atoms with Crippen molar-refractivity contribution < 1.29 is 35.5 Å². The summed E-state index contributed by atoms with van der Waals surface area (Å²) in [7, 11) is -2.87. The molecule has 0 saturated heterocycles. The molecule has 0 heterocycles. The lowest BCUT2D eigenvalue weighted by Crippen LogP contribution is -2.36. The van der Waals surface area contributed by atoms with Crippen molar-refractivity contribution in [2.45, 2.75) is 55.4 Å². The first-order chi connectivity index (χ1) is 20.0. The summed E-state index contributed by atoms with van der Waals surface area (Å²) in [6, 6.07) is 12.9. The summed E-state index contributed by atoms with van der Waals surface area (Å²) in [5.41, 5.74) is 2.23. The molecule has 2 atom stereocenters. The first-order valence-corrected chi connectivity index (χ1v) is 15.0. The fraction of sp³-hybridized carbons (Fsp3) is 0.367. The summed E-state index contributed by atoms with van der Waals surface area (Å²) in [4.78, 5) is 12.6. The average molecular weight is 608 g/mol. The third-order valence-electron chi connectivity index (χ3n) is 7.08. The lowest BCUT2D eigenvalue weighted by molar-refractivity contribution is -0.137. The van der Waals surface area contributed by atoms with Crippen LogP contribution in [-0.2, 0) is 38.7 Å². The van der Waals surface area contributed by atoms with E-state index in [4.69, 9.17) is 4.74 Å². The van der Waals surface area contributed by atoms with Crippen LogP contribution in [0.3, 0.4) is 0 Å². The number of rotatable bonds is 12. The van der Waals surface area contributed by atoms with Crippen LogP contribution in [0.15, 0.2) is 71.6 Å². The molecule has 0 spiro atoms. The molecule has 2 unspecified atom stereocenters. The Hall–Kier alpha value is -3.32. The first-order valence-electron chi connectivity index (χ1n) is 13.5. The minimum atomic E-state index is -4.75. The summed E-state index contributed by atoms with van der Waals surface area (Å²) in [5.74, 6) is -1.14. The molecule has 0 saturated carbocycles. The van der Waals surface area contributed by atoms with Crippen molar-refractivity contribution in [1.29, 1.82) is 0 Å². The van der Waals surface area contributed by atoms with Crippen LogP contribution in [0.25, 0.3) is 0 Å². The number of ether oxygens (including phenoxy) is 1. The van der Waals surface area contributed by atoms with Gasteiger partial charge in [0.2, 0.25) is 15.9 Å². The third-order valence-corrected chi connectivity index (χ3v) is 8.55. The normalized spacial score (nSPS) is 16.1. The molecule has 0 radical (unpaired) electrons. The molecule has 0 aromatic heterocycles. The number of carbonyl (C=O) groups excluding carboxylic acids is 1. The van der Waals surface area contributed by atoms with Gasteiger partial charge in [-0.05, 0) is 71.8 Å². The van der Waals surface area contributed by atoms with Crippen molar-refractivity contribution in [3.05, 3.63) is 100 Å². The molecule has 3 aromatic rings. The van der Waals surface area contributed by atoms with E-state index in [1.807, 2.05) is 12.1 Å². The van der Waals surface area contributed by atoms with Gasteiger partial charge in [0.05, 0.1) is 29.1 Å². The average Bonchev–Trinajstić information content (AvgIpc) is 2.94. The zero-order valence-electron chi connectivity index (χ0n) is 23.0. The number of alkyl halides is 3. The standard InChI is InChI=1S/C30H33F4N3O4S/c1-41-14-13-35-19-20-11-12-26-21(15-20)5-3-10-27(26)36-29(38)18-28(22-6-2-8-24(31)16-22)37-42(39,40)25-9-4-7-23(17-25)30(32,33)34/h2,4,6-9,11-12,15-17,27-28,35,37H,3,5,10,13-14,18-19H2,1H3,(H,36,38). The lowest BCUT2D eigenvalue weighted by atomic mass is 9.86. The molecule has 3 N–H and O–H groups in total. The van der Waals surface area contributed by atoms with E-state index in [2.05, 4.69) is 21.4 Å². The number of hydrogen-bond acceptors (Lipinski definition) is 5. The molecule has 0 bridgehead atoms. The van der Waals surface area contributed by atoms with Crippen LogP contribution >= 0.6 is 0 Å². The van der Waals surface area contributed by atoms with Gasteiger partial charge in [-0.3, -0.25) is 4.79 Å². The second kappa shape index (κ2) is 13.8. The van der Waals surface area contributed by atoms with Gasteiger partial charge in [-0.1, -0.05) is 36.4 Å². The van der Waals surface area contributed by atoms with Gasteiger partial charge in [0.25, 0.3) is 0 Å². The number of fused-ring (bicyclic) bond motifs is 1. The number of carbonyl (C=O) groups is 1. The van der Waals surface area contributed by atoms with Gasteiger partial charge in [0.1, 0.15) is 5.82 Å². The van der Waals surface area contributed by atoms with Crippen LogP contribution < -0.4 is 15.4 Å². The van der Waals surface area contributed by atoms with Crippen LogP contribution in [0.5, 0.6) is 0 Å². The van der Waals surface area contributed by atoms with Crippen molar-refractivity contribution in [3.63, 3.8) is 0 Å². The zero-order valence-corrected chi connectivity index (χ0v) is 23.8. The van der Waals surface area contributed by atoms with Crippen LogP contribution in [0, 0.1) is 5.82 Å². The molecular formula is C30H33F4N3O4S. The van der Waals surface area contributed by atoms with Gasteiger partial charge in [0.15, 0.2) is 0 Å². The van der Waals surface area contributed by atoms with Gasteiger partial charge in [0, 0.05) is 26.6 Å². The van der Waals surface area contributed by atoms with E-state index in [0.29, 0.717) is 25.6 Å². The summed E-state index contributed by atoms with van der Waals surface area (Å²) < 4.78 is 87.4. The van der Waals surface area contributed by atoms with E-state index >= 15 is 0 Å². The predicted octanol–water partition coefficient (Wildman–Crippen LogP) is 5.18. The lowest BCUT2D eigenvalue weighted by Gasteiger charge is -2.28. The molecule has 1 aliphatic carbocycles. The molecule has 4 rings (SSSR count). The third kappa shape index (κ3) is 8.37. The first kappa shape index (κ1) is 31.6. The SMILES string of the molecule is COCCNCc1ccc2c(c1)CCCC2NC(=O)CC(NS(=O)(=O)c1cccc(C(F)(F)F)c1)c1cccc(F)c1. The van der Waals surface area contributed by atoms with Gasteiger partial charge in [-0.15, -0.1) is 0 Å². The van der Waals surface area contributed by atoms with Crippen molar-refractivity contribution in [2.24, 2.45) is 0 Å². The Balaban J connectivity index is 1.51. The van der Waals surface area contributed by atoms with Crippen molar-refractivity contribution in [2.75, 3.05) is 20.3 Å². The van der Waals surface area contributed by atoms with E-state index < -0.39 is 50.8 Å². The van der Waals surface area contributed by atoms with Gasteiger partial charge < -0.3 is 15.4 Å². The summed E-state index contributed by atoms with van der Waals surface area (Å²) >= 11 is 0. The maximum absolute atomic E-state index is 14.1. The molecular weight excluding hydrogens is 574 g/mol. The van der Waals surface area contributed by atoms with Crippen molar-refractivity contribution in [1.82, 2.24) is 15.4 Å². The van der Waals surface area contributed by atoms with Gasteiger partial charge in [-0.25, -0.2) is 17.5 Å². The second-order valence-electron chi connectivity index (χ2n) is 10.2. The Morgan fingerprint density at radius 2 is 1.86 bits per heavy atom. The fourth-order valence-electron chi connectivity index (χ4n) is 5.02. The predicted molar refractivity (Wildman–Crippen MR) is 149 cm³/mol. The van der Waals surface area contributed by atoms with Crippen LogP contribution in [0.4, 0.5) is 17.6 Å². The minimum absolute atomic E-state index is 0.162. The number of benzene rings is 3. The topological polar surface area (TPSA) is 96.5 Å². The molecule has 1 amide bonds. The summed E-state index contributed by atoms with van der Waals surface area (Å²) in [5, 5.41) is 6.28. The Kier molecular flexibility index (Phi) is 10.4. The molecule has 42 heavy (non-hydrogen) atoms. The number of halogens is 4. The van der Waals surface area contributed by atoms with Crippen LogP contribution in [0.2, 0.25) is 0 Å². The van der Waals surface area contributed by atoms with E-state index in [1.54, 1.807) is 7.11 Å².